The van der Waals surface area contributed by atoms with Gasteiger partial charge in [0.25, 0.3) is 0 Å². The molecule has 1 unspecified atom stereocenters. The second-order valence-corrected chi connectivity index (χ2v) is 8.63. The first-order chi connectivity index (χ1) is 13.3. The molecule has 0 aliphatic rings. The first-order valence-electron chi connectivity index (χ1n) is 8.41. The molecule has 2 aromatic carbocycles. The van der Waals surface area contributed by atoms with Gasteiger partial charge in [-0.25, -0.2) is 0 Å². The summed E-state index contributed by atoms with van der Waals surface area (Å²) in [5.74, 6) is 0.559. The molecule has 1 N–H and O–H groups in total. The van der Waals surface area contributed by atoms with Gasteiger partial charge in [0.05, 0.1) is 32.5 Å². The molecule has 0 saturated heterocycles. The maximum Gasteiger partial charge on any atom is 0.237 e. The molecule has 3 aromatic rings. The zero-order valence-electron chi connectivity index (χ0n) is 15.1. The minimum absolute atomic E-state index is 0.225. The Morgan fingerprint density at radius 3 is 2.50 bits per heavy atom. The zero-order valence-corrected chi connectivity index (χ0v) is 18.2. The lowest BCUT2D eigenvalue weighted by molar-refractivity contribution is -0.115. The summed E-state index contributed by atoms with van der Waals surface area (Å²) >= 11 is 19.4. The highest BCUT2D eigenvalue weighted by Crippen LogP contribution is 2.33. The molecule has 9 heteroatoms. The number of carbonyl (C=O) groups excluding carboxylic acids is 1. The Morgan fingerprint density at radius 1 is 1.11 bits per heavy atom. The number of halogens is 3. The minimum Gasteiger partial charge on any atom is -0.324 e. The lowest BCUT2D eigenvalue weighted by Crippen LogP contribution is -2.23. The quantitative estimate of drug-likeness (QED) is 0.382. The number of hydrogen-bond donors (Lipinski definition) is 1. The highest BCUT2D eigenvalue weighted by molar-refractivity contribution is 8.00. The largest absolute Gasteiger partial charge is 0.324 e. The number of rotatable bonds is 6. The summed E-state index contributed by atoms with van der Waals surface area (Å²) in [7, 11) is 0. The van der Waals surface area contributed by atoms with Crippen LogP contribution in [-0.2, 0) is 11.3 Å². The van der Waals surface area contributed by atoms with Gasteiger partial charge in [-0.3, -0.25) is 4.79 Å². The SMILES string of the molecule is Cc1nnc(SC(C)C(=O)Nc2cc(Cl)c(Cl)cc2Cl)n1Cc1ccccc1. The van der Waals surface area contributed by atoms with Crippen molar-refractivity contribution in [2.75, 3.05) is 5.32 Å². The number of nitrogens with one attached hydrogen (secondary N) is 1. The molecule has 1 atom stereocenters. The van der Waals surface area contributed by atoms with E-state index < -0.39 is 5.25 Å². The Balaban J connectivity index is 1.72. The van der Waals surface area contributed by atoms with Crippen LogP contribution in [0.3, 0.4) is 0 Å². The number of carbonyl (C=O) groups is 1. The van der Waals surface area contributed by atoms with E-state index in [0.29, 0.717) is 32.5 Å². The second-order valence-electron chi connectivity index (χ2n) is 6.10. The third-order valence-electron chi connectivity index (χ3n) is 4.00. The van der Waals surface area contributed by atoms with Crippen LogP contribution in [0.25, 0.3) is 0 Å². The minimum atomic E-state index is -0.427. The van der Waals surface area contributed by atoms with Crippen LogP contribution in [0.5, 0.6) is 0 Å². The Morgan fingerprint density at radius 2 is 1.79 bits per heavy atom. The van der Waals surface area contributed by atoms with Crippen LogP contribution >= 0.6 is 46.6 Å². The highest BCUT2D eigenvalue weighted by Gasteiger charge is 2.20. The first-order valence-corrected chi connectivity index (χ1v) is 10.4. The van der Waals surface area contributed by atoms with Crippen molar-refractivity contribution in [1.82, 2.24) is 14.8 Å². The van der Waals surface area contributed by atoms with Crippen molar-refractivity contribution in [1.29, 1.82) is 0 Å². The van der Waals surface area contributed by atoms with Gasteiger partial charge in [0.1, 0.15) is 5.82 Å². The molecule has 28 heavy (non-hydrogen) atoms. The van der Waals surface area contributed by atoms with Gasteiger partial charge in [0.15, 0.2) is 5.16 Å². The maximum absolute atomic E-state index is 12.6. The van der Waals surface area contributed by atoms with E-state index >= 15 is 0 Å². The summed E-state index contributed by atoms with van der Waals surface area (Å²) in [5.41, 5.74) is 1.54. The van der Waals surface area contributed by atoms with Crippen molar-refractivity contribution in [3.8, 4) is 0 Å². The predicted molar refractivity (Wildman–Crippen MR) is 116 cm³/mol. The van der Waals surface area contributed by atoms with E-state index in [4.69, 9.17) is 34.8 Å². The molecule has 0 radical (unpaired) electrons. The molecule has 5 nitrogen and oxygen atoms in total. The van der Waals surface area contributed by atoms with Gasteiger partial charge in [-0.05, 0) is 31.5 Å². The molecule has 0 saturated carbocycles. The number of aromatic nitrogens is 3. The van der Waals surface area contributed by atoms with E-state index in [1.54, 1.807) is 6.92 Å². The van der Waals surface area contributed by atoms with Crippen molar-refractivity contribution < 1.29 is 4.79 Å². The third-order valence-corrected chi connectivity index (χ3v) is 6.12. The lowest BCUT2D eigenvalue weighted by Gasteiger charge is -2.14. The number of thioether (sulfide) groups is 1. The van der Waals surface area contributed by atoms with E-state index in [1.807, 2.05) is 41.8 Å². The number of benzene rings is 2. The molecule has 3 rings (SSSR count). The fourth-order valence-electron chi connectivity index (χ4n) is 2.46. The average Bonchev–Trinajstić information content (AvgIpc) is 3.00. The van der Waals surface area contributed by atoms with E-state index in [1.165, 1.54) is 23.9 Å². The smallest absolute Gasteiger partial charge is 0.237 e. The standard InChI is InChI=1S/C19H17Cl3N4OS/c1-11(18(27)23-17-9-15(21)14(20)8-16(17)22)28-19-25-24-12(2)26(19)10-13-6-4-3-5-7-13/h3-9,11H,10H2,1-2H3,(H,23,27). The molecule has 0 bridgehead atoms. The fraction of sp³-hybridized carbons (Fsp3) is 0.211. The van der Waals surface area contributed by atoms with E-state index in [-0.39, 0.29) is 5.91 Å². The van der Waals surface area contributed by atoms with Gasteiger partial charge in [0.2, 0.25) is 5.91 Å². The van der Waals surface area contributed by atoms with Crippen LogP contribution in [0.4, 0.5) is 5.69 Å². The summed E-state index contributed by atoms with van der Waals surface area (Å²) < 4.78 is 1.98. The Bertz CT molecular complexity index is 994. The molecule has 0 spiro atoms. The maximum atomic E-state index is 12.6. The number of nitrogens with zero attached hydrogens (tertiary/aromatic N) is 3. The molecule has 1 amide bonds. The highest BCUT2D eigenvalue weighted by atomic mass is 35.5. The van der Waals surface area contributed by atoms with Crippen LogP contribution in [-0.4, -0.2) is 25.9 Å². The van der Waals surface area contributed by atoms with Crippen LogP contribution in [0.2, 0.25) is 15.1 Å². The molecule has 1 aromatic heterocycles. The Labute approximate surface area is 182 Å². The lowest BCUT2D eigenvalue weighted by atomic mass is 10.2. The summed E-state index contributed by atoms with van der Waals surface area (Å²) in [6.07, 6.45) is 0. The molecule has 0 fully saturated rings. The van der Waals surface area contributed by atoms with E-state index in [9.17, 15) is 4.79 Å². The van der Waals surface area contributed by atoms with Gasteiger partial charge in [-0.15, -0.1) is 10.2 Å². The van der Waals surface area contributed by atoms with E-state index in [2.05, 4.69) is 15.5 Å². The van der Waals surface area contributed by atoms with Crippen LogP contribution in [0.15, 0.2) is 47.6 Å². The Kier molecular flexibility index (Phi) is 6.88. The van der Waals surface area contributed by atoms with Crippen molar-refractivity contribution >= 4 is 58.2 Å². The second kappa shape index (κ2) is 9.18. The number of amides is 1. The van der Waals surface area contributed by atoms with Gasteiger partial charge >= 0.3 is 0 Å². The third kappa shape index (κ3) is 5.00. The molecular weight excluding hydrogens is 439 g/mol. The van der Waals surface area contributed by atoms with Crippen molar-refractivity contribution in [3.63, 3.8) is 0 Å². The number of aryl methyl sites for hydroxylation is 1. The van der Waals surface area contributed by atoms with Crippen molar-refractivity contribution in [2.24, 2.45) is 0 Å². The van der Waals surface area contributed by atoms with Crippen LogP contribution in [0.1, 0.15) is 18.3 Å². The molecular formula is C19H17Cl3N4OS. The molecule has 1 heterocycles. The van der Waals surface area contributed by atoms with Crippen molar-refractivity contribution in [3.05, 3.63) is 68.9 Å². The molecule has 0 aliphatic carbocycles. The summed E-state index contributed by atoms with van der Waals surface area (Å²) in [5, 5.41) is 12.4. The first kappa shape index (κ1) is 21.0. The average molecular weight is 456 g/mol. The monoisotopic (exact) mass is 454 g/mol. The number of anilines is 1. The van der Waals surface area contributed by atoms with Crippen molar-refractivity contribution in [2.45, 2.75) is 30.8 Å². The molecule has 0 aliphatic heterocycles. The summed E-state index contributed by atoms with van der Waals surface area (Å²) in [6.45, 7) is 4.32. The van der Waals surface area contributed by atoms with E-state index in [0.717, 1.165) is 11.4 Å². The Hall–Kier alpha value is -1.73. The topological polar surface area (TPSA) is 59.8 Å². The normalized spacial score (nSPS) is 12.0. The van der Waals surface area contributed by atoms with Gasteiger partial charge < -0.3 is 9.88 Å². The number of hydrogen-bond acceptors (Lipinski definition) is 4. The zero-order chi connectivity index (χ0) is 20.3. The van der Waals surface area contributed by atoms with Crippen LogP contribution < -0.4 is 5.32 Å². The predicted octanol–water partition coefficient (Wildman–Crippen LogP) is 5.71. The molecule has 146 valence electrons. The van der Waals surface area contributed by atoms with Gasteiger partial charge in [0, 0.05) is 0 Å². The summed E-state index contributed by atoms with van der Waals surface area (Å²) in [4.78, 5) is 12.6. The van der Waals surface area contributed by atoms with Gasteiger partial charge in [-0.2, -0.15) is 0 Å². The fourth-order valence-corrected chi connectivity index (χ4v) is 3.95. The van der Waals surface area contributed by atoms with Gasteiger partial charge in [-0.1, -0.05) is 76.9 Å². The summed E-state index contributed by atoms with van der Waals surface area (Å²) in [6, 6.07) is 13.0. The van der Waals surface area contributed by atoms with Crippen LogP contribution in [0, 0.1) is 6.92 Å².